The molecular weight excluding hydrogens is 495 g/mol. The molecule has 0 aromatic heterocycles. The molecule has 0 saturated carbocycles. The van der Waals surface area contributed by atoms with Crippen LogP contribution in [0.5, 0.6) is 0 Å². The molecule has 28 heavy (non-hydrogen) atoms. The van der Waals surface area contributed by atoms with Gasteiger partial charge in [0.05, 0.1) is 25.3 Å². The van der Waals surface area contributed by atoms with E-state index in [4.69, 9.17) is 12.2 Å². The number of aryl methyl sites for hydroxylation is 1. The monoisotopic (exact) mass is 512 g/mol. The van der Waals surface area contributed by atoms with Gasteiger partial charge in [0.1, 0.15) is 0 Å². The fourth-order valence-corrected chi connectivity index (χ4v) is 2.97. The van der Waals surface area contributed by atoms with Gasteiger partial charge >= 0.3 is 11.9 Å². The number of nitrogens with one attached hydrogen (secondary N) is 2. The normalized spacial score (nSPS) is 10.0. The van der Waals surface area contributed by atoms with E-state index < -0.39 is 11.9 Å². The van der Waals surface area contributed by atoms with Gasteiger partial charge < -0.3 is 14.8 Å². The van der Waals surface area contributed by atoms with Crippen LogP contribution in [0.3, 0.4) is 0 Å². The van der Waals surface area contributed by atoms with Crippen LogP contribution in [0.1, 0.15) is 36.6 Å². The molecule has 0 heterocycles. The molecular formula is C19H17IN2O5S. The summed E-state index contributed by atoms with van der Waals surface area (Å²) in [6.07, 6.45) is 0. The highest BCUT2D eigenvalue weighted by molar-refractivity contribution is 14.1. The van der Waals surface area contributed by atoms with E-state index in [9.17, 15) is 14.4 Å². The van der Waals surface area contributed by atoms with Crippen molar-refractivity contribution in [2.24, 2.45) is 0 Å². The van der Waals surface area contributed by atoms with Crippen molar-refractivity contribution in [3.8, 4) is 0 Å². The van der Waals surface area contributed by atoms with Crippen LogP contribution in [-0.4, -0.2) is 37.2 Å². The molecule has 0 bridgehead atoms. The molecule has 0 atom stereocenters. The zero-order chi connectivity index (χ0) is 20.8. The lowest BCUT2D eigenvalue weighted by molar-refractivity contribution is 0.0599. The molecule has 7 nitrogen and oxygen atoms in total. The van der Waals surface area contributed by atoms with Crippen LogP contribution in [0.15, 0.2) is 36.4 Å². The fraction of sp³-hybridized carbons (Fsp3) is 0.158. The molecule has 0 aliphatic carbocycles. The third-order valence-corrected chi connectivity index (χ3v) is 5.06. The van der Waals surface area contributed by atoms with Gasteiger partial charge in [-0.3, -0.25) is 10.1 Å². The second-order valence-corrected chi connectivity index (χ2v) is 7.22. The predicted octanol–water partition coefficient (Wildman–Crippen LogP) is 3.30. The van der Waals surface area contributed by atoms with Gasteiger partial charge in [-0.05, 0) is 77.6 Å². The first-order valence-electron chi connectivity index (χ1n) is 7.95. The number of anilines is 1. The van der Waals surface area contributed by atoms with Crippen molar-refractivity contribution in [3.63, 3.8) is 0 Å². The standard InChI is InChI=1S/C19H17IN2O5S/c1-10-4-5-11(9-15(10)20)16(23)22-19(28)21-14-7-12(17(24)26-2)6-13(8-14)18(25)27-3/h4-9H,1-3H3,(H2,21,22,23,28). The molecule has 1 amide bonds. The SMILES string of the molecule is COC(=O)c1cc(NC(=S)NC(=O)c2ccc(C)c(I)c2)cc(C(=O)OC)c1. The van der Waals surface area contributed by atoms with Gasteiger partial charge in [-0.2, -0.15) is 0 Å². The Morgan fingerprint density at radius 3 is 2.00 bits per heavy atom. The Morgan fingerprint density at radius 1 is 0.929 bits per heavy atom. The van der Waals surface area contributed by atoms with Gasteiger partial charge in [0.25, 0.3) is 5.91 Å². The Morgan fingerprint density at radius 2 is 1.50 bits per heavy atom. The molecule has 2 aromatic carbocycles. The quantitative estimate of drug-likeness (QED) is 0.369. The van der Waals surface area contributed by atoms with Gasteiger partial charge in [0.15, 0.2) is 5.11 Å². The lowest BCUT2D eigenvalue weighted by Crippen LogP contribution is -2.34. The summed E-state index contributed by atoms with van der Waals surface area (Å²) in [6, 6.07) is 9.54. The number of amides is 1. The van der Waals surface area contributed by atoms with Gasteiger partial charge in [-0.1, -0.05) is 6.07 Å². The van der Waals surface area contributed by atoms with Crippen LogP contribution < -0.4 is 10.6 Å². The summed E-state index contributed by atoms with van der Waals surface area (Å²) in [4.78, 5) is 36.0. The third kappa shape index (κ3) is 5.49. The molecule has 0 fully saturated rings. The number of benzene rings is 2. The van der Waals surface area contributed by atoms with Crippen molar-refractivity contribution in [1.29, 1.82) is 0 Å². The van der Waals surface area contributed by atoms with Gasteiger partial charge in [-0.25, -0.2) is 9.59 Å². The Balaban J connectivity index is 2.19. The van der Waals surface area contributed by atoms with E-state index >= 15 is 0 Å². The maximum absolute atomic E-state index is 12.4. The van der Waals surface area contributed by atoms with Crippen LogP contribution in [-0.2, 0) is 9.47 Å². The van der Waals surface area contributed by atoms with Crippen molar-refractivity contribution >= 4 is 63.5 Å². The third-order valence-electron chi connectivity index (χ3n) is 3.69. The van der Waals surface area contributed by atoms with E-state index in [-0.39, 0.29) is 22.1 Å². The lowest BCUT2D eigenvalue weighted by atomic mass is 10.1. The first-order chi connectivity index (χ1) is 13.2. The summed E-state index contributed by atoms with van der Waals surface area (Å²) in [5.41, 5.74) is 2.11. The molecule has 146 valence electrons. The van der Waals surface area contributed by atoms with Gasteiger partial charge in [0.2, 0.25) is 0 Å². The minimum Gasteiger partial charge on any atom is -0.465 e. The Kier molecular flexibility index (Phi) is 7.46. The smallest absolute Gasteiger partial charge is 0.337 e. The summed E-state index contributed by atoms with van der Waals surface area (Å²) >= 11 is 7.31. The van der Waals surface area contributed by atoms with E-state index in [1.165, 1.54) is 32.4 Å². The molecule has 0 radical (unpaired) electrons. The summed E-state index contributed by atoms with van der Waals surface area (Å²) in [5.74, 6) is -1.64. The van der Waals surface area contributed by atoms with Crippen molar-refractivity contribution in [2.45, 2.75) is 6.92 Å². The minimum absolute atomic E-state index is 0.0124. The van der Waals surface area contributed by atoms with Crippen LogP contribution >= 0.6 is 34.8 Å². The second kappa shape index (κ2) is 9.60. The topological polar surface area (TPSA) is 93.7 Å². The maximum Gasteiger partial charge on any atom is 0.337 e. The van der Waals surface area contributed by atoms with Crippen molar-refractivity contribution in [1.82, 2.24) is 5.32 Å². The Bertz CT molecular complexity index is 927. The van der Waals surface area contributed by atoms with Crippen LogP contribution in [0.2, 0.25) is 0 Å². The summed E-state index contributed by atoms with van der Waals surface area (Å²) < 4.78 is 10.3. The predicted molar refractivity (Wildman–Crippen MR) is 117 cm³/mol. The average molecular weight is 512 g/mol. The van der Waals surface area contributed by atoms with E-state index in [0.717, 1.165) is 9.13 Å². The molecule has 0 aliphatic rings. The molecule has 2 aromatic rings. The lowest BCUT2D eigenvalue weighted by Gasteiger charge is -2.12. The highest BCUT2D eigenvalue weighted by Gasteiger charge is 2.15. The van der Waals surface area contributed by atoms with Gasteiger partial charge in [-0.15, -0.1) is 0 Å². The van der Waals surface area contributed by atoms with E-state index in [2.05, 4.69) is 42.7 Å². The molecule has 0 unspecified atom stereocenters. The summed E-state index contributed by atoms with van der Waals surface area (Å²) in [5, 5.41) is 5.36. The first kappa shape index (κ1) is 21.8. The number of hydrogen-bond donors (Lipinski definition) is 2. The number of methoxy groups -OCH3 is 2. The van der Waals surface area contributed by atoms with Crippen molar-refractivity contribution in [3.05, 3.63) is 62.2 Å². The summed E-state index contributed by atoms with van der Waals surface area (Å²) in [6.45, 7) is 1.95. The Hall–Kier alpha value is -2.53. The molecule has 9 heteroatoms. The summed E-state index contributed by atoms with van der Waals surface area (Å²) in [7, 11) is 2.46. The highest BCUT2D eigenvalue weighted by Crippen LogP contribution is 2.17. The molecule has 0 spiro atoms. The van der Waals surface area contributed by atoms with Crippen LogP contribution in [0, 0.1) is 10.5 Å². The minimum atomic E-state index is -0.627. The number of thiocarbonyl (C=S) groups is 1. The van der Waals surface area contributed by atoms with E-state index in [0.29, 0.717) is 11.3 Å². The number of ether oxygens (including phenoxy) is 2. The average Bonchev–Trinajstić information content (AvgIpc) is 2.68. The van der Waals surface area contributed by atoms with Crippen molar-refractivity contribution < 1.29 is 23.9 Å². The molecule has 2 rings (SSSR count). The van der Waals surface area contributed by atoms with Crippen molar-refractivity contribution in [2.75, 3.05) is 19.5 Å². The van der Waals surface area contributed by atoms with E-state index in [1.54, 1.807) is 12.1 Å². The molecule has 2 N–H and O–H groups in total. The van der Waals surface area contributed by atoms with Gasteiger partial charge in [0, 0.05) is 14.8 Å². The second-order valence-electron chi connectivity index (χ2n) is 5.65. The highest BCUT2D eigenvalue weighted by atomic mass is 127. The number of carbonyl (C=O) groups is 3. The number of hydrogen-bond acceptors (Lipinski definition) is 6. The molecule has 0 aliphatic heterocycles. The zero-order valence-electron chi connectivity index (χ0n) is 15.3. The van der Waals surface area contributed by atoms with E-state index in [1.807, 2.05) is 13.0 Å². The fourth-order valence-electron chi connectivity index (χ4n) is 2.24. The number of carbonyl (C=O) groups excluding carboxylic acids is 3. The largest absolute Gasteiger partial charge is 0.465 e. The maximum atomic E-state index is 12.4. The number of rotatable bonds is 4. The zero-order valence-corrected chi connectivity index (χ0v) is 18.3. The number of halogens is 1. The van der Waals surface area contributed by atoms with Crippen LogP contribution in [0.25, 0.3) is 0 Å². The molecule has 0 saturated heterocycles. The first-order valence-corrected chi connectivity index (χ1v) is 9.44. The number of esters is 2. The Labute approximate surface area is 180 Å². The van der Waals surface area contributed by atoms with Crippen LogP contribution in [0.4, 0.5) is 5.69 Å².